The first kappa shape index (κ1) is 23.4. The summed E-state index contributed by atoms with van der Waals surface area (Å²) in [7, 11) is 1.68. The van der Waals surface area contributed by atoms with Gasteiger partial charge in [0.05, 0.1) is 0 Å². The van der Waals surface area contributed by atoms with Gasteiger partial charge in [-0.05, 0) is 63.8 Å². The van der Waals surface area contributed by atoms with Gasteiger partial charge in [-0.25, -0.2) is 0 Å². The van der Waals surface area contributed by atoms with Crippen LogP contribution in [0.2, 0.25) is 0 Å². The van der Waals surface area contributed by atoms with Gasteiger partial charge in [-0.1, -0.05) is 6.42 Å². The van der Waals surface area contributed by atoms with Crippen molar-refractivity contribution in [3.63, 3.8) is 0 Å². The molecule has 0 bridgehead atoms. The Labute approximate surface area is 162 Å². The highest BCUT2D eigenvalue weighted by Crippen LogP contribution is 2.40. The Bertz CT molecular complexity index is 484. The first-order chi connectivity index (χ1) is 12.9. The molecule has 8 heteroatoms. The Morgan fingerprint density at radius 2 is 2.04 bits per heavy atom. The van der Waals surface area contributed by atoms with Gasteiger partial charge in [0.2, 0.25) is 0 Å². The van der Waals surface area contributed by atoms with Crippen molar-refractivity contribution in [2.24, 2.45) is 34.4 Å². The molecular weight excluding hydrogens is 348 g/mol. The monoisotopic (exact) mass is 384 g/mol. The number of nitrogens with one attached hydrogen (secondary N) is 1. The van der Waals surface area contributed by atoms with Crippen molar-refractivity contribution in [1.29, 1.82) is 0 Å². The highest BCUT2D eigenvalue weighted by molar-refractivity contribution is 5.79. The number of nitrogens with two attached hydrogens (primary N) is 2. The fraction of sp³-hybridized carbons (Fsp3) is 0.842. The fourth-order valence-corrected chi connectivity index (χ4v) is 3.81. The molecule has 1 aliphatic carbocycles. The van der Waals surface area contributed by atoms with Gasteiger partial charge in [-0.2, -0.15) is 5.10 Å². The van der Waals surface area contributed by atoms with Crippen molar-refractivity contribution < 1.29 is 19.1 Å². The number of hydrazone groups is 1. The molecule has 1 aliphatic heterocycles. The van der Waals surface area contributed by atoms with E-state index >= 15 is 0 Å². The zero-order valence-corrected chi connectivity index (χ0v) is 16.9. The normalized spacial score (nSPS) is 28.9. The van der Waals surface area contributed by atoms with E-state index in [4.69, 9.17) is 16.3 Å². The Morgan fingerprint density at radius 3 is 2.63 bits per heavy atom. The SMILES string of the molecule is CC(C=O)OC(=O)C1CC2CC(CC/C(N)=N/N)CCC2CN1.CCOC. The van der Waals surface area contributed by atoms with Gasteiger partial charge in [0.15, 0.2) is 12.4 Å². The summed E-state index contributed by atoms with van der Waals surface area (Å²) in [5.74, 6) is 7.12. The molecule has 0 aromatic rings. The topological polar surface area (TPSA) is 129 Å². The summed E-state index contributed by atoms with van der Waals surface area (Å²) >= 11 is 0. The van der Waals surface area contributed by atoms with Crippen LogP contribution in [0.4, 0.5) is 0 Å². The summed E-state index contributed by atoms with van der Waals surface area (Å²) in [6.45, 7) is 5.20. The van der Waals surface area contributed by atoms with Gasteiger partial charge in [0, 0.05) is 20.1 Å². The van der Waals surface area contributed by atoms with E-state index in [9.17, 15) is 9.59 Å². The number of hydrogen-bond donors (Lipinski definition) is 3. The van der Waals surface area contributed by atoms with Crippen LogP contribution in [0.1, 0.15) is 52.4 Å². The summed E-state index contributed by atoms with van der Waals surface area (Å²) in [5.41, 5.74) is 5.67. The van der Waals surface area contributed by atoms with E-state index in [1.54, 1.807) is 14.0 Å². The van der Waals surface area contributed by atoms with Crippen LogP contribution in [0.5, 0.6) is 0 Å². The quantitative estimate of drug-likeness (QED) is 0.150. The lowest BCUT2D eigenvalue weighted by Crippen LogP contribution is -2.50. The Morgan fingerprint density at radius 1 is 1.33 bits per heavy atom. The van der Waals surface area contributed by atoms with Crippen LogP contribution in [0.3, 0.4) is 0 Å². The second-order valence-electron chi connectivity index (χ2n) is 7.41. The molecule has 0 spiro atoms. The van der Waals surface area contributed by atoms with Crippen LogP contribution >= 0.6 is 0 Å². The first-order valence-electron chi connectivity index (χ1n) is 9.85. The molecule has 1 heterocycles. The van der Waals surface area contributed by atoms with E-state index in [2.05, 4.69) is 15.2 Å². The summed E-state index contributed by atoms with van der Waals surface area (Å²) in [4.78, 5) is 22.7. The molecule has 5 unspecified atom stereocenters. The predicted molar refractivity (Wildman–Crippen MR) is 105 cm³/mol. The third-order valence-electron chi connectivity index (χ3n) is 5.45. The fourth-order valence-electron chi connectivity index (χ4n) is 3.81. The molecular formula is C19H36N4O4. The Hall–Kier alpha value is -1.67. The van der Waals surface area contributed by atoms with Crippen molar-refractivity contribution in [2.75, 3.05) is 20.3 Å². The number of fused-ring (bicyclic) bond motifs is 1. The van der Waals surface area contributed by atoms with Crippen LogP contribution in [-0.4, -0.2) is 50.5 Å². The maximum Gasteiger partial charge on any atom is 0.323 e. The molecule has 2 aliphatic rings. The second kappa shape index (κ2) is 12.7. The maximum atomic E-state index is 12.1. The standard InChI is InChI=1S/C16H28N4O3.C3H8O/c1-10(9-21)23-16(22)14-7-13-6-11(3-5-15(17)20-18)2-4-12(13)8-19-14;1-3-4-2/h9-14,19H,2-8,18H2,1H3,(H2,17,20);3H2,1-2H3. The molecule has 1 saturated carbocycles. The van der Waals surface area contributed by atoms with E-state index < -0.39 is 6.10 Å². The highest BCUT2D eigenvalue weighted by atomic mass is 16.5. The summed E-state index contributed by atoms with van der Waals surface area (Å²) < 4.78 is 9.67. The Balaban J connectivity index is 0.000000828. The maximum absolute atomic E-state index is 12.1. The molecule has 27 heavy (non-hydrogen) atoms. The lowest BCUT2D eigenvalue weighted by molar-refractivity contribution is -0.154. The minimum Gasteiger partial charge on any atom is -0.454 e. The van der Waals surface area contributed by atoms with Crippen molar-refractivity contribution in [1.82, 2.24) is 5.32 Å². The largest absolute Gasteiger partial charge is 0.454 e. The van der Waals surface area contributed by atoms with Gasteiger partial charge in [0.1, 0.15) is 11.9 Å². The average Bonchev–Trinajstić information content (AvgIpc) is 2.71. The molecule has 2 rings (SSSR count). The molecule has 8 nitrogen and oxygen atoms in total. The van der Waals surface area contributed by atoms with E-state index in [1.807, 2.05) is 6.92 Å². The molecule has 0 radical (unpaired) electrons. The van der Waals surface area contributed by atoms with E-state index in [0.717, 1.165) is 38.8 Å². The number of aldehydes is 1. The van der Waals surface area contributed by atoms with Crippen LogP contribution in [-0.2, 0) is 19.1 Å². The number of amidine groups is 1. The smallest absolute Gasteiger partial charge is 0.323 e. The molecule has 156 valence electrons. The second-order valence-corrected chi connectivity index (χ2v) is 7.41. The number of ether oxygens (including phenoxy) is 2. The number of piperidine rings is 1. The number of hydrogen-bond acceptors (Lipinski definition) is 7. The highest BCUT2D eigenvalue weighted by Gasteiger charge is 2.38. The van der Waals surface area contributed by atoms with Gasteiger partial charge < -0.3 is 26.4 Å². The van der Waals surface area contributed by atoms with E-state index in [-0.39, 0.29) is 12.0 Å². The summed E-state index contributed by atoms with van der Waals surface area (Å²) in [6.07, 6.45) is 5.96. The third-order valence-corrected chi connectivity index (χ3v) is 5.45. The lowest BCUT2D eigenvalue weighted by Gasteiger charge is -2.42. The van der Waals surface area contributed by atoms with Crippen LogP contribution in [0, 0.1) is 17.8 Å². The molecule has 0 amide bonds. The summed E-state index contributed by atoms with van der Waals surface area (Å²) in [6, 6.07) is -0.298. The zero-order valence-electron chi connectivity index (χ0n) is 16.9. The van der Waals surface area contributed by atoms with Crippen molar-refractivity contribution >= 4 is 18.1 Å². The van der Waals surface area contributed by atoms with Crippen molar-refractivity contribution in [3.8, 4) is 0 Å². The number of methoxy groups -OCH3 is 1. The average molecular weight is 385 g/mol. The van der Waals surface area contributed by atoms with Crippen LogP contribution in [0.25, 0.3) is 0 Å². The number of nitrogens with zero attached hydrogens (tertiary/aromatic N) is 1. The number of rotatable bonds is 7. The Kier molecular flexibility index (Phi) is 11.0. The minimum atomic E-state index is -0.681. The third kappa shape index (κ3) is 8.26. The number of carbonyl (C=O) groups excluding carboxylic acids is 2. The van der Waals surface area contributed by atoms with Gasteiger partial charge in [-0.15, -0.1) is 0 Å². The van der Waals surface area contributed by atoms with Gasteiger partial charge in [-0.3, -0.25) is 9.59 Å². The van der Waals surface area contributed by atoms with Gasteiger partial charge in [0.25, 0.3) is 0 Å². The minimum absolute atomic E-state index is 0.298. The molecule has 0 aromatic carbocycles. The van der Waals surface area contributed by atoms with Crippen molar-refractivity contribution in [2.45, 2.75) is 64.5 Å². The molecule has 2 fully saturated rings. The lowest BCUT2D eigenvalue weighted by atomic mass is 9.69. The zero-order chi connectivity index (χ0) is 20.2. The van der Waals surface area contributed by atoms with Crippen molar-refractivity contribution in [3.05, 3.63) is 0 Å². The van der Waals surface area contributed by atoms with E-state index in [1.165, 1.54) is 12.8 Å². The molecule has 5 atom stereocenters. The van der Waals surface area contributed by atoms with E-state index in [0.29, 0.717) is 29.9 Å². The number of carbonyl (C=O) groups is 2. The first-order valence-corrected chi connectivity index (χ1v) is 9.85. The van der Waals surface area contributed by atoms with Crippen LogP contribution < -0.4 is 16.9 Å². The van der Waals surface area contributed by atoms with Crippen LogP contribution in [0.15, 0.2) is 5.10 Å². The number of esters is 1. The predicted octanol–water partition coefficient (Wildman–Crippen LogP) is 1.18. The molecule has 5 N–H and O–H groups in total. The van der Waals surface area contributed by atoms with Gasteiger partial charge >= 0.3 is 5.97 Å². The molecule has 1 saturated heterocycles. The summed E-state index contributed by atoms with van der Waals surface area (Å²) in [5, 5.41) is 6.80. The molecule has 0 aromatic heterocycles.